The Morgan fingerprint density at radius 1 is 1.47 bits per heavy atom. The lowest BCUT2D eigenvalue weighted by molar-refractivity contribution is -0.120. The van der Waals surface area contributed by atoms with Crippen molar-refractivity contribution in [2.24, 2.45) is 0 Å². The van der Waals surface area contributed by atoms with Gasteiger partial charge in [-0.1, -0.05) is 28.1 Å². The third-order valence-electron chi connectivity index (χ3n) is 1.89. The minimum absolute atomic E-state index is 0.0680. The molecule has 82 valence electrons. The number of hydrogen-bond acceptors (Lipinski definition) is 1. The fraction of sp³-hybridized carbons (Fsp3) is 0.364. The van der Waals surface area contributed by atoms with Gasteiger partial charge in [0.25, 0.3) is 0 Å². The summed E-state index contributed by atoms with van der Waals surface area (Å²) in [6.45, 7) is 0.652. The first-order valence-corrected chi connectivity index (χ1v) is 5.91. The van der Waals surface area contributed by atoms with Crippen molar-refractivity contribution < 1.29 is 9.18 Å². The number of hydrogen-bond donors (Lipinski definition) is 1. The largest absolute Gasteiger partial charge is 0.356 e. The summed E-state index contributed by atoms with van der Waals surface area (Å²) in [5.74, 6) is -0.373. The zero-order valence-electron chi connectivity index (χ0n) is 8.30. The van der Waals surface area contributed by atoms with Gasteiger partial charge in [0.2, 0.25) is 5.91 Å². The predicted octanol–water partition coefficient (Wildman–Crippen LogP) is 2.27. The van der Waals surface area contributed by atoms with Crippen molar-refractivity contribution in [1.82, 2.24) is 5.32 Å². The maximum Gasteiger partial charge on any atom is 0.224 e. The smallest absolute Gasteiger partial charge is 0.224 e. The van der Waals surface area contributed by atoms with Gasteiger partial charge in [0, 0.05) is 11.9 Å². The highest BCUT2D eigenvalue weighted by Crippen LogP contribution is 2.03. The van der Waals surface area contributed by atoms with Crippen LogP contribution in [0.15, 0.2) is 24.3 Å². The minimum atomic E-state index is -0.305. The molecule has 0 heterocycles. The third-order valence-corrected chi connectivity index (χ3v) is 2.45. The van der Waals surface area contributed by atoms with E-state index in [1.165, 1.54) is 12.1 Å². The van der Waals surface area contributed by atoms with Crippen LogP contribution < -0.4 is 5.32 Å². The zero-order chi connectivity index (χ0) is 11.1. The Kier molecular flexibility index (Phi) is 5.32. The second-order valence-electron chi connectivity index (χ2n) is 3.20. The normalized spacial score (nSPS) is 10.0. The maximum atomic E-state index is 12.8. The van der Waals surface area contributed by atoms with Gasteiger partial charge in [-0.2, -0.15) is 0 Å². The van der Waals surface area contributed by atoms with Crippen LogP contribution in [0.25, 0.3) is 0 Å². The standard InChI is InChI=1S/C11H13BrFNO/c12-5-2-6-14-11(15)8-9-3-1-4-10(13)7-9/h1,3-4,7H,2,5-6,8H2,(H,14,15). The Balaban J connectivity index is 2.37. The Hall–Kier alpha value is -0.900. The molecular formula is C11H13BrFNO. The van der Waals surface area contributed by atoms with Crippen LogP contribution in [-0.2, 0) is 11.2 Å². The predicted molar refractivity (Wildman–Crippen MR) is 61.5 cm³/mol. The summed E-state index contributed by atoms with van der Waals surface area (Å²) >= 11 is 3.27. The van der Waals surface area contributed by atoms with Crippen molar-refractivity contribution in [3.05, 3.63) is 35.6 Å². The second kappa shape index (κ2) is 6.56. The maximum absolute atomic E-state index is 12.8. The van der Waals surface area contributed by atoms with Gasteiger partial charge in [0.05, 0.1) is 6.42 Å². The summed E-state index contributed by atoms with van der Waals surface area (Å²) in [4.78, 5) is 11.3. The lowest BCUT2D eigenvalue weighted by Gasteiger charge is -2.03. The van der Waals surface area contributed by atoms with Gasteiger partial charge >= 0.3 is 0 Å². The molecule has 0 aromatic heterocycles. The molecule has 1 aromatic rings. The van der Waals surface area contributed by atoms with Gasteiger partial charge in [0.15, 0.2) is 0 Å². The molecule has 0 saturated heterocycles. The SMILES string of the molecule is O=C(Cc1cccc(F)c1)NCCCBr. The lowest BCUT2D eigenvalue weighted by Crippen LogP contribution is -2.26. The Bertz CT molecular complexity index is 330. The number of benzene rings is 1. The Morgan fingerprint density at radius 2 is 2.27 bits per heavy atom. The molecule has 0 unspecified atom stereocenters. The van der Waals surface area contributed by atoms with Crippen LogP contribution in [0.3, 0.4) is 0 Å². The summed E-state index contributed by atoms with van der Waals surface area (Å²) in [7, 11) is 0. The van der Waals surface area contributed by atoms with Gasteiger partial charge in [0.1, 0.15) is 5.82 Å². The topological polar surface area (TPSA) is 29.1 Å². The van der Waals surface area contributed by atoms with E-state index in [9.17, 15) is 9.18 Å². The first kappa shape index (κ1) is 12.2. The van der Waals surface area contributed by atoms with Crippen LogP contribution >= 0.6 is 15.9 Å². The third kappa shape index (κ3) is 4.93. The summed E-state index contributed by atoms with van der Waals surface area (Å²) in [6, 6.07) is 6.10. The van der Waals surface area contributed by atoms with E-state index >= 15 is 0 Å². The lowest BCUT2D eigenvalue weighted by atomic mass is 10.1. The Morgan fingerprint density at radius 3 is 2.93 bits per heavy atom. The van der Waals surface area contributed by atoms with E-state index in [0.717, 1.165) is 11.8 Å². The number of rotatable bonds is 5. The van der Waals surface area contributed by atoms with Gasteiger partial charge < -0.3 is 5.32 Å². The number of halogens is 2. The van der Waals surface area contributed by atoms with Gasteiger partial charge in [-0.25, -0.2) is 4.39 Å². The van der Waals surface area contributed by atoms with Crippen molar-refractivity contribution in [2.45, 2.75) is 12.8 Å². The molecule has 1 rings (SSSR count). The van der Waals surface area contributed by atoms with E-state index in [-0.39, 0.29) is 18.1 Å². The molecule has 0 aliphatic carbocycles. The van der Waals surface area contributed by atoms with E-state index in [2.05, 4.69) is 21.2 Å². The zero-order valence-corrected chi connectivity index (χ0v) is 9.89. The molecule has 2 nitrogen and oxygen atoms in total. The van der Waals surface area contributed by atoms with E-state index in [4.69, 9.17) is 0 Å². The molecule has 1 aromatic carbocycles. The van der Waals surface area contributed by atoms with Crippen LogP contribution in [0.5, 0.6) is 0 Å². The molecule has 15 heavy (non-hydrogen) atoms. The second-order valence-corrected chi connectivity index (χ2v) is 3.99. The first-order chi connectivity index (χ1) is 7.22. The molecule has 0 aliphatic heterocycles. The number of carbonyl (C=O) groups excluding carboxylic acids is 1. The first-order valence-electron chi connectivity index (χ1n) is 4.79. The summed E-state index contributed by atoms with van der Waals surface area (Å²) in [6.07, 6.45) is 1.13. The van der Waals surface area contributed by atoms with Crippen molar-refractivity contribution >= 4 is 21.8 Å². The van der Waals surface area contributed by atoms with Crippen molar-refractivity contribution in [3.63, 3.8) is 0 Å². The van der Waals surface area contributed by atoms with Gasteiger partial charge in [-0.05, 0) is 24.1 Å². The monoisotopic (exact) mass is 273 g/mol. The molecule has 0 atom stereocenters. The summed E-state index contributed by atoms with van der Waals surface area (Å²) in [5, 5.41) is 3.63. The van der Waals surface area contributed by atoms with Gasteiger partial charge in [-0.3, -0.25) is 4.79 Å². The summed E-state index contributed by atoms with van der Waals surface area (Å²) < 4.78 is 12.8. The highest BCUT2D eigenvalue weighted by atomic mass is 79.9. The van der Waals surface area contributed by atoms with Crippen molar-refractivity contribution in [2.75, 3.05) is 11.9 Å². The fourth-order valence-electron chi connectivity index (χ4n) is 1.19. The minimum Gasteiger partial charge on any atom is -0.356 e. The molecule has 0 radical (unpaired) electrons. The quantitative estimate of drug-likeness (QED) is 0.647. The average molecular weight is 274 g/mol. The molecule has 0 fully saturated rings. The van der Waals surface area contributed by atoms with E-state index < -0.39 is 0 Å². The van der Waals surface area contributed by atoms with Crippen LogP contribution in [0.1, 0.15) is 12.0 Å². The molecule has 1 amide bonds. The molecule has 0 bridgehead atoms. The Labute approximate surface area is 97.0 Å². The molecule has 0 saturated carbocycles. The van der Waals surface area contributed by atoms with Gasteiger partial charge in [-0.15, -0.1) is 0 Å². The van der Waals surface area contributed by atoms with Crippen molar-refractivity contribution in [3.8, 4) is 0 Å². The average Bonchev–Trinajstić information content (AvgIpc) is 2.18. The van der Waals surface area contributed by atoms with Crippen LogP contribution in [0.2, 0.25) is 0 Å². The van der Waals surface area contributed by atoms with Crippen molar-refractivity contribution in [1.29, 1.82) is 0 Å². The van der Waals surface area contributed by atoms with Crippen LogP contribution in [-0.4, -0.2) is 17.8 Å². The van der Waals surface area contributed by atoms with Crippen LogP contribution in [0, 0.1) is 5.82 Å². The number of carbonyl (C=O) groups is 1. The number of nitrogens with one attached hydrogen (secondary N) is 1. The van der Waals surface area contributed by atoms with E-state index in [0.29, 0.717) is 12.1 Å². The molecule has 0 spiro atoms. The highest BCUT2D eigenvalue weighted by molar-refractivity contribution is 9.09. The molecule has 4 heteroatoms. The molecular weight excluding hydrogens is 261 g/mol. The molecule has 1 N–H and O–H groups in total. The van der Waals surface area contributed by atoms with E-state index in [1.54, 1.807) is 12.1 Å². The highest BCUT2D eigenvalue weighted by Gasteiger charge is 2.02. The fourth-order valence-corrected chi connectivity index (χ4v) is 1.47. The van der Waals surface area contributed by atoms with Crippen LogP contribution in [0.4, 0.5) is 4.39 Å². The number of amides is 1. The summed E-state index contributed by atoms with van der Waals surface area (Å²) in [5.41, 5.74) is 0.700. The van der Waals surface area contributed by atoms with E-state index in [1.807, 2.05) is 0 Å². The number of alkyl halides is 1. The molecule has 0 aliphatic rings.